The number of hydrogen-bond acceptors (Lipinski definition) is 4. The van der Waals surface area contributed by atoms with E-state index in [9.17, 15) is 0 Å². The van der Waals surface area contributed by atoms with Crippen molar-refractivity contribution in [3.63, 3.8) is 0 Å². The third kappa shape index (κ3) is 5.09. The molecule has 0 spiro atoms. The van der Waals surface area contributed by atoms with Gasteiger partial charge in [0.05, 0.1) is 14.2 Å². The standard InChI is InChI=1S/C15H26N2O2/c1-15(2,3)7-6-14(17-16)11-8-12(18-4)10-13(9-11)19-5/h8-10,14,17H,6-7,16H2,1-5H3. The second-order valence-electron chi connectivity index (χ2n) is 5.96. The van der Waals surface area contributed by atoms with Crippen molar-refractivity contribution < 1.29 is 9.47 Å². The quantitative estimate of drug-likeness (QED) is 0.614. The third-order valence-electron chi connectivity index (χ3n) is 3.16. The minimum absolute atomic E-state index is 0.100. The molecule has 0 bridgehead atoms. The Bertz CT molecular complexity index is 377. The van der Waals surface area contributed by atoms with Crippen LogP contribution in [0.5, 0.6) is 11.5 Å². The largest absolute Gasteiger partial charge is 0.497 e. The molecule has 0 aliphatic rings. The highest BCUT2D eigenvalue weighted by Crippen LogP contribution is 2.31. The highest BCUT2D eigenvalue weighted by atomic mass is 16.5. The van der Waals surface area contributed by atoms with Crippen molar-refractivity contribution in [2.75, 3.05) is 14.2 Å². The highest BCUT2D eigenvalue weighted by molar-refractivity contribution is 5.39. The Hall–Kier alpha value is -1.26. The molecule has 0 radical (unpaired) electrons. The van der Waals surface area contributed by atoms with Crippen LogP contribution >= 0.6 is 0 Å². The van der Waals surface area contributed by atoms with E-state index in [2.05, 4.69) is 26.2 Å². The van der Waals surface area contributed by atoms with Gasteiger partial charge in [0.2, 0.25) is 0 Å². The zero-order chi connectivity index (χ0) is 14.5. The van der Waals surface area contributed by atoms with E-state index in [0.717, 1.165) is 29.9 Å². The lowest BCUT2D eigenvalue weighted by atomic mass is 9.87. The molecule has 0 aliphatic carbocycles. The molecular weight excluding hydrogens is 240 g/mol. The summed E-state index contributed by atoms with van der Waals surface area (Å²) in [7, 11) is 3.30. The van der Waals surface area contributed by atoms with Gasteiger partial charge in [-0.25, -0.2) is 0 Å². The fourth-order valence-corrected chi connectivity index (χ4v) is 1.95. The highest BCUT2D eigenvalue weighted by Gasteiger charge is 2.17. The molecule has 4 heteroatoms. The molecule has 1 unspecified atom stereocenters. The van der Waals surface area contributed by atoms with E-state index < -0.39 is 0 Å². The summed E-state index contributed by atoms with van der Waals surface area (Å²) >= 11 is 0. The lowest BCUT2D eigenvalue weighted by molar-refractivity contribution is 0.332. The van der Waals surface area contributed by atoms with Gasteiger partial charge in [0.25, 0.3) is 0 Å². The molecule has 4 nitrogen and oxygen atoms in total. The normalized spacial score (nSPS) is 13.2. The summed E-state index contributed by atoms with van der Waals surface area (Å²) in [6.07, 6.45) is 2.05. The number of nitrogens with one attached hydrogen (secondary N) is 1. The van der Waals surface area contributed by atoms with Crippen molar-refractivity contribution >= 4 is 0 Å². The van der Waals surface area contributed by atoms with Gasteiger partial charge < -0.3 is 9.47 Å². The van der Waals surface area contributed by atoms with Crippen LogP contribution in [0.4, 0.5) is 0 Å². The molecule has 3 N–H and O–H groups in total. The van der Waals surface area contributed by atoms with E-state index in [1.165, 1.54) is 0 Å². The molecular formula is C15H26N2O2. The summed E-state index contributed by atoms with van der Waals surface area (Å²) in [6, 6.07) is 5.95. The smallest absolute Gasteiger partial charge is 0.122 e. The summed E-state index contributed by atoms with van der Waals surface area (Å²) in [4.78, 5) is 0. The Labute approximate surface area is 116 Å². The van der Waals surface area contributed by atoms with Crippen LogP contribution in [0.1, 0.15) is 45.2 Å². The lowest BCUT2D eigenvalue weighted by Crippen LogP contribution is -2.29. The Morgan fingerprint density at radius 3 is 2.00 bits per heavy atom. The predicted molar refractivity (Wildman–Crippen MR) is 78.3 cm³/mol. The molecule has 0 saturated heterocycles. The fourth-order valence-electron chi connectivity index (χ4n) is 1.95. The van der Waals surface area contributed by atoms with Gasteiger partial charge >= 0.3 is 0 Å². The first-order valence-corrected chi connectivity index (χ1v) is 6.58. The van der Waals surface area contributed by atoms with Crippen molar-refractivity contribution in [3.8, 4) is 11.5 Å². The molecule has 0 saturated carbocycles. The first kappa shape index (κ1) is 15.8. The second kappa shape index (κ2) is 6.78. The minimum atomic E-state index is 0.100. The summed E-state index contributed by atoms with van der Waals surface area (Å²) in [5.74, 6) is 7.25. The Balaban J connectivity index is 2.90. The number of benzene rings is 1. The summed E-state index contributed by atoms with van der Waals surface area (Å²) in [6.45, 7) is 6.69. The van der Waals surface area contributed by atoms with Crippen molar-refractivity contribution in [2.24, 2.45) is 11.3 Å². The molecule has 1 rings (SSSR count). The van der Waals surface area contributed by atoms with Crippen molar-refractivity contribution in [2.45, 2.75) is 39.7 Å². The fraction of sp³-hybridized carbons (Fsp3) is 0.600. The van der Waals surface area contributed by atoms with Crippen LogP contribution in [0.25, 0.3) is 0 Å². The van der Waals surface area contributed by atoms with Gasteiger partial charge in [0.1, 0.15) is 11.5 Å². The Kier molecular flexibility index (Phi) is 5.63. The van der Waals surface area contributed by atoms with Gasteiger partial charge in [-0.05, 0) is 36.0 Å². The average Bonchev–Trinajstić information content (AvgIpc) is 2.37. The van der Waals surface area contributed by atoms with E-state index in [-0.39, 0.29) is 11.5 Å². The Morgan fingerprint density at radius 2 is 1.63 bits per heavy atom. The SMILES string of the molecule is COc1cc(OC)cc(C(CCC(C)(C)C)NN)c1. The van der Waals surface area contributed by atoms with Crippen LogP contribution < -0.4 is 20.7 Å². The van der Waals surface area contributed by atoms with E-state index in [1.54, 1.807) is 14.2 Å². The number of ether oxygens (including phenoxy) is 2. The van der Waals surface area contributed by atoms with Gasteiger partial charge in [-0.15, -0.1) is 0 Å². The van der Waals surface area contributed by atoms with E-state index in [0.29, 0.717) is 0 Å². The van der Waals surface area contributed by atoms with Crippen molar-refractivity contribution in [3.05, 3.63) is 23.8 Å². The van der Waals surface area contributed by atoms with E-state index in [1.807, 2.05) is 18.2 Å². The molecule has 19 heavy (non-hydrogen) atoms. The minimum Gasteiger partial charge on any atom is -0.497 e. The Morgan fingerprint density at radius 1 is 1.11 bits per heavy atom. The number of hydrogen-bond donors (Lipinski definition) is 2. The maximum absolute atomic E-state index is 5.69. The molecule has 1 aromatic carbocycles. The molecule has 0 amide bonds. The summed E-state index contributed by atoms with van der Waals surface area (Å²) < 4.78 is 10.6. The molecule has 0 aliphatic heterocycles. The second-order valence-corrected chi connectivity index (χ2v) is 5.96. The monoisotopic (exact) mass is 266 g/mol. The third-order valence-corrected chi connectivity index (χ3v) is 3.16. The molecule has 1 atom stereocenters. The van der Waals surface area contributed by atoms with Crippen LogP contribution in [0, 0.1) is 5.41 Å². The molecule has 0 fully saturated rings. The first-order chi connectivity index (χ1) is 8.89. The van der Waals surface area contributed by atoms with Crippen LogP contribution in [0.2, 0.25) is 0 Å². The maximum Gasteiger partial charge on any atom is 0.122 e. The number of methoxy groups -OCH3 is 2. The number of hydrazine groups is 1. The summed E-state index contributed by atoms with van der Waals surface area (Å²) in [5, 5.41) is 0. The zero-order valence-corrected chi connectivity index (χ0v) is 12.6. The topological polar surface area (TPSA) is 56.5 Å². The van der Waals surface area contributed by atoms with Gasteiger partial charge in [-0.1, -0.05) is 20.8 Å². The zero-order valence-electron chi connectivity index (χ0n) is 12.6. The van der Waals surface area contributed by atoms with E-state index in [4.69, 9.17) is 15.3 Å². The first-order valence-electron chi connectivity index (χ1n) is 6.58. The molecule has 0 aromatic heterocycles. The van der Waals surface area contributed by atoms with Gasteiger partial charge in [-0.3, -0.25) is 11.3 Å². The van der Waals surface area contributed by atoms with Crippen LogP contribution in [-0.2, 0) is 0 Å². The van der Waals surface area contributed by atoms with Gasteiger partial charge in [0.15, 0.2) is 0 Å². The molecule has 0 heterocycles. The molecule has 1 aromatic rings. The van der Waals surface area contributed by atoms with Crippen LogP contribution in [-0.4, -0.2) is 14.2 Å². The lowest BCUT2D eigenvalue weighted by Gasteiger charge is -2.23. The number of rotatable bonds is 6. The summed E-state index contributed by atoms with van der Waals surface area (Å²) in [5.41, 5.74) is 4.26. The van der Waals surface area contributed by atoms with Crippen LogP contribution in [0.15, 0.2) is 18.2 Å². The van der Waals surface area contributed by atoms with Gasteiger partial charge in [-0.2, -0.15) is 0 Å². The molecule has 108 valence electrons. The maximum atomic E-state index is 5.69. The van der Waals surface area contributed by atoms with E-state index >= 15 is 0 Å². The van der Waals surface area contributed by atoms with Crippen molar-refractivity contribution in [1.29, 1.82) is 0 Å². The van der Waals surface area contributed by atoms with Crippen LogP contribution in [0.3, 0.4) is 0 Å². The average molecular weight is 266 g/mol. The predicted octanol–water partition coefficient (Wildman–Crippen LogP) is 3.03. The van der Waals surface area contributed by atoms with Gasteiger partial charge in [0, 0.05) is 12.1 Å². The number of nitrogens with two attached hydrogens (primary N) is 1. The van der Waals surface area contributed by atoms with Crippen molar-refractivity contribution in [1.82, 2.24) is 5.43 Å².